The molecule has 0 radical (unpaired) electrons. The normalized spacial score (nSPS) is 22.9. The molecule has 0 aromatic carbocycles. The minimum Gasteiger partial charge on any atom is -0.392 e. The van der Waals surface area contributed by atoms with Crippen molar-refractivity contribution in [2.45, 2.75) is 30.1 Å². The maximum absolute atomic E-state index is 12.3. The molecule has 1 aliphatic heterocycles. The van der Waals surface area contributed by atoms with Crippen LogP contribution in [0.1, 0.15) is 18.4 Å². The second-order valence-electron chi connectivity index (χ2n) is 4.18. The van der Waals surface area contributed by atoms with Gasteiger partial charge in [0, 0.05) is 13.1 Å². The molecule has 2 rings (SSSR count). The molecular weight excluding hydrogens is 326 g/mol. The number of hydrogen-bond acceptors (Lipinski definition) is 4. The van der Waals surface area contributed by atoms with Crippen LogP contribution in [0.25, 0.3) is 0 Å². The van der Waals surface area contributed by atoms with Crippen LogP contribution in [0.2, 0.25) is 0 Å². The van der Waals surface area contributed by atoms with Crippen molar-refractivity contribution in [1.82, 2.24) is 4.31 Å². The van der Waals surface area contributed by atoms with E-state index in [0.29, 0.717) is 23.6 Å². The minimum atomic E-state index is -3.43. The van der Waals surface area contributed by atoms with Crippen LogP contribution >= 0.6 is 27.3 Å². The fourth-order valence-corrected chi connectivity index (χ4v) is 5.72. The number of piperidine rings is 1. The van der Waals surface area contributed by atoms with Gasteiger partial charge in [0.05, 0.1) is 9.89 Å². The zero-order valence-electron chi connectivity index (χ0n) is 9.39. The summed E-state index contributed by atoms with van der Waals surface area (Å²) in [6, 6.07) is 1.67. The Kier molecular flexibility index (Phi) is 3.94. The molecule has 0 amide bonds. The van der Waals surface area contributed by atoms with E-state index >= 15 is 0 Å². The predicted octanol–water partition coefficient (Wildman–Crippen LogP) is 1.96. The van der Waals surface area contributed by atoms with Crippen LogP contribution in [-0.4, -0.2) is 37.0 Å². The van der Waals surface area contributed by atoms with Crippen LogP contribution in [0.15, 0.2) is 14.1 Å². The molecule has 7 heteroatoms. The van der Waals surface area contributed by atoms with Gasteiger partial charge >= 0.3 is 0 Å². The van der Waals surface area contributed by atoms with Crippen molar-refractivity contribution >= 4 is 37.3 Å². The summed E-state index contributed by atoms with van der Waals surface area (Å²) in [6.45, 7) is 2.56. The molecule has 2 heterocycles. The van der Waals surface area contributed by atoms with Gasteiger partial charge in [0.1, 0.15) is 4.21 Å². The highest BCUT2D eigenvalue weighted by atomic mass is 79.9. The molecule has 1 fully saturated rings. The number of aliphatic hydroxyl groups excluding tert-OH is 1. The molecule has 4 nitrogen and oxygen atoms in total. The number of halogens is 1. The number of aliphatic hydroxyl groups is 1. The molecule has 1 aromatic rings. The Labute approximate surface area is 113 Å². The quantitative estimate of drug-likeness (QED) is 0.896. The number of nitrogens with zero attached hydrogens (tertiary/aromatic N) is 1. The zero-order chi connectivity index (χ0) is 12.6. The highest BCUT2D eigenvalue weighted by Crippen LogP contribution is 2.33. The number of hydrogen-bond donors (Lipinski definition) is 1. The van der Waals surface area contributed by atoms with Gasteiger partial charge in [-0.3, -0.25) is 0 Å². The largest absolute Gasteiger partial charge is 0.392 e. The Bertz CT molecular complexity index is 492. The number of β-amino-alcohol motifs (C(OH)–C–C–N with tert-alkyl or cyclic N) is 1. The van der Waals surface area contributed by atoms with Crippen molar-refractivity contribution < 1.29 is 13.5 Å². The SMILES string of the molecule is Cc1cc(S(=O)(=O)N2CCC[C@H](O)C2)sc1Br. The first-order valence-electron chi connectivity index (χ1n) is 5.35. The molecule has 17 heavy (non-hydrogen) atoms. The van der Waals surface area contributed by atoms with Crippen molar-refractivity contribution in [3.05, 3.63) is 15.4 Å². The van der Waals surface area contributed by atoms with Crippen molar-refractivity contribution in [3.8, 4) is 0 Å². The van der Waals surface area contributed by atoms with Gasteiger partial charge in [-0.1, -0.05) is 0 Å². The lowest BCUT2D eigenvalue weighted by Gasteiger charge is -2.28. The van der Waals surface area contributed by atoms with E-state index < -0.39 is 16.1 Å². The Hall–Kier alpha value is 0.0500. The van der Waals surface area contributed by atoms with Crippen LogP contribution in [-0.2, 0) is 10.0 Å². The molecule has 1 aliphatic rings. The van der Waals surface area contributed by atoms with Crippen molar-refractivity contribution in [1.29, 1.82) is 0 Å². The minimum absolute atomic E-state index is 0.205. The summed E-state index contributed by atoms with van der Waals surface area (Å²) < 4.78 is 27.2. The third-order valence-electron chi connectivity index (χ3n) is 2.79. The van der Waals surface area contributed by atoms with E-state index in [-0.39, 0.29) is 6.54 Å². The van der Waals surface area contributed by atoms with Gasteiger partial charge in [-0.05, 0) is 47.3 Å². The first-order valence-corrected chi connectivity index (χ1v) is 8.40. The van der Waals surface area contributed by atoms with Crippen molar-refractivity contribution in [2.24, 2.45) is 0 Å². The lowest BCUT2D eigenvalue weighted by molar-refractivity contribution is 0.108. The van der Waals surface area contributed by atoms with Crippen LogP contribution in [0.4, 0.5) is 0 Å². The number of sulfonamides is 1. The lowest BCUT2D eigenvalue weighted by atomic mass is 10.1. The maximum atomic E-state index is 12.3. The smallest absolute Gasteiger partial charge is 0.252 e. The van der Waals surface area contributed by atoms with Crippen molar-refractivity contribution in [3.63, 3.8) is 0 Å². The van der Waals surface area contributed by atoms with E-state index in [0.717, 1.165) is 9.35 Å². The molecule has 0 aliphatic carbocycles. The summed E-state index contributed by atoms with van der Waals surface area (Å²) >= 11 is 4.55. The highest BCUT2D eigenvalue weighted by Gasteiger charge is 2.30. The number of aryl methyl sites for hydroxylation is 1. The average Bonchev–Trinajstić information content (AvgIpc) is 2.60. The Balaban J connectivity index is 2.29. The molecule has 0 bridgehead atoms. The Morgan fingerprint density at radius 2 is 2.29 bits per heavy atom. The van der Waals surface area contributed by atoms with Gasteiger partial charge in [0.2, 0.25) is 0 Å². The molecule has 0 spiro atoms. The van der Waals surface area contributed by atoms with Gasteiger partial charge in [-0.2, -0.15) is 4.31 Å². The summed E-state index contributed by atoms with van der Waals surface area (Å²) in [5, 5.41) is 9.54. The molecule has 1 N–H and O–H groups in total. The molecule has 96 valence electrons. The van der Waals surface area contributed by atoms with Crippen LogP contribution in [0, 0.1) is 6.92 Å². The van der Waals surface area contributed by atoms with E-state index in [1.54, 1.807) is 6.07 Å². The van der Waals surface area contributed by atoms with Gasteiger partial charge in [0.25, 0.3) is 10.0 Å². The molecule has 0 saturated carbocycles. The monoisotopic (exact) mass is 339 g/mol. The molecule has 1 aromatic heterocycles. The molecule has 0 unspecified atom stereocenters. The van der Waals surface area contributed by atoms with E-state index in [4.69, 9.17) is 0 Å². The Morgan fingerprint density at radius 1 is 1.59 bits per heavy atom. The fourth-order valence-electron chi connectivity index (χ4n) is 1.83. The van der Waals surface area contributed by atoms with E-state index in [9.17, 15) is 13.5 Å². The predicted molar refractivity (Wildman–Crippen MR) is 70.8 cm³/mol. The Morgan fingerprint density at radius 3 is 2.82 bits per heavy atom. The highest BCUT2D eigenvalue weighted by molar-refractivity contribution is 9.11. The van der Waals surface area contributed by atoms with Crippen LogP contribution in [0.5, 0.6) is 0 Å². The zero-order valence-corrected chi connectivity index (χ0v) is 12.6. The van der Waals surface area contributed by atoms with E-state index in [1.165, 1.54) is 15.6 Å². The maximum Gasteiger partial charge on any atom is 0.252 e. The number of thiophene rings is 1. The van der Waals surface area contributed by atoms with Gasteiger partial charge < -0.3 is 5.11 Å². The van der Waals surface area contributed by atoms with Gasteiger partial charge in [0.15, 0.2) is 0 Å². The third-order valence-corrected chi connectivity index (χ3v) is 7.24. The standard InChI is InChI=1S/C10H14BrNO3S2/c1-7-5-9(16-10(7)11)17(14,15)12-4-2-3-8(13)6-12/h5,8,13H,2-4,6H2,1H3/t8-/m0/s1. The first-order chi connectivity index (χ1) is 7.91. The topological polar surface area (TPSA) is 57.6 Å². The van der Waals surface area contributed by atoms with Crippen LogP contribution < -0.4 is 0 Å². The summed E-state index contributed by atoms with van der Waals surface area (Å²) in [7, 11) is -3.43. The van der Waals surface area contributed by atoms with Crippen molar-refractivity contribution in [2.75, 3.05) is 13.1 Å². The van der Waals surface area contributed by atoms with Crippen LogP contribution in [0.3, 0.4) is 0 Å². The molecule has 1 atom stereocenters. The van der Waals surface area contributed by atoms with Gasteiger partial charge in [-0.25, -0.2) is 8.42 Å². The first kappa shape index (κ1) is 13.5. The average molecular weight is 340 g/mol. The second kappa shape index (κ2) is 4.97. The summed E-state index contributed by atoms with van der Waals surface area (Å²) in [6.07, 6.45) is 0.855. The number of rotatable bonds is 2. The summed E-state index contributed by atoms with van der Waals surface area (Å²) in [4.78, 5) is 0. The third kappa shape index (κ3) is 2.73. The lowest BCUT2D eigenvalue weighted by Crippen LogP contribution is -2.41. The molecular formula is C10H14BrNO3S2. The summed E-state index contributed by atoms with van der Waals surface area (Å²) in [5.74, 6) is 0. The fraction of sp³-hybridized carbons (Fsp3) is 0.600. The van der Waals surface area contributed by atoms with Gasteiger partial charge in [-0.15, -0.1) is 11.3 Å². The van der Waals surface area contributed by atoms with E-state index in [1.807, 2.05) is 6.92 Å². The second-order valence-corrected chi connectivity index (χ2v) is 8.72. The molecule has 1 saturated heterocycles. The van der Waals surface area contributed by atoms with E-state index in [2.05, 4.69) is 15.9 Å². The summed E-state index contributed by atoms with van der Waals surface area (Å²) in [5.41, 5.74) is 0.922.